The van der Waals surface area contributed by atoms with E-state index in [9.17, 15) is 39.2 Å². The first-order valence-corrected chi connectivity index (χ1v) is 14.0. The number of halogens is 4. The highest BCUT2D eigenvalue weighted by molar-refractivity contribution is 7.92. The summed E-state index contributed by atoms with van der Waals surface area (Å²) in [7, 11) is -7.83. The molecule has 1 heterocycles. The fourth-order valence-electron chi connectivity index (χ4n) is 3.65. The number of rotatable bonds is 10. The molecule has 1 amide bonds. The molecule has 14 heteroatoms. The van der Waals surface area contributed by atoms with E-state index >= 15 is 0 Å². The Kier molecular flexibility index (Phi) is 8.78. The molecule has 0 spiro atoms. The first-order valence-electron chi connectivity index (χ1n) is 11.0. The Bertz CT molecular complexity index is 1330. The number of nitrogens with one attached hydrogen (secondary N) is 2. The number of amides is 1. The number of nitrogens with zero attached hydrogens (tertiary/aromatic N) is 1. The van der Waals surface area contributed by atoms with Gasteiger partial charge in [-0.05, 0) is 35.4 Å². The lowest BCUT2D eigenvalue weighted by molar-refractivity contribution is -0.137. The van der Waals surface area contributed by atoms with Crippen LogP contribution in [0.1, 0.15) is 16.7 Å². The zero-order valence-corrected chi connectivity index (χ0v) is 21.0. The van der Waals surface area contributed by atoms with Crippen LogP contribution in [-0.2, 0) is 44.0 Å². The van der Waals surface area contributed by atoms with Crippen LogP contribution in [0.25, 0.3) is 0 Å². The maximum Gasteiger partial charge on any atom is 0.416 e. The van der Waals surface area contributed by atoms with Crippen molar-refractivity contribution in [3.63, 3.8) is 0 Å². The van der Waals surface area contributed by atoms with Crippen molar-refractivity contribution in [3.05, 3.63) is 77.2 Å². The van der Waals surface area contributed by atoms with E-state index in [4.69, 9.17) is 0 Å². The van der Waals surface area contributed by atoms with Gasteiger partial charge in [0, 0.05) is 37.5 Å². The third kappa shape index (κ3) is 7.60. The number of sulfonamides is 2. The standard InChI is InChI=1S/C23H25F4N3O5S2/c1-2-36(32,33)29-13-18-14-30(15-21(18)24)37(34,35)20-9-5-16(6-10-20)11-22(31)28-12-17-3-7-19(8-4-17)23(25,26)27/h2-10,18,21,29H,1,11-15H2,(H,28,31)/t18-,21-/m0/s1. The van der Waals surface area contributed by atoms with E-state index in [0.717, 1.165) is 16.4 Å². The fourth-order valence-corrected chi connectivity index (χ4v) is 5.72. The van der Waals surface area contributed by atoms with Crippen molar-refractivity contribution in [3.8, 4) is 0 Å². The van der Waals surface area contributed by atoms with Gasteiger partial charge in [-0.3, -0.25) is 4.79 Å². The third-order valence-corrected chi connectivity index (χ3v) is 8.64. The van der Waals surface area contributed by atoms with Gasteiger partial charge in [0.15, 0.2) is 0 Å². The second-order valence-corrected chi connectivity index (χ2v) is 12.1. The monoisotopic (exact) mass is 563 g/mol. The zero-order valence-electron chi connectivity index (χ0n) is 19.4. The zero-order chi connectivity index (χ0) is 27.4. The topological polar surface area (TPSA) is 113 Å². The van der Waals surface area contributed by atoms with E-state index < -0.39 is 56.3 Å². The lowest BCUT2D eigenvalue weighted by atomic mass is 10.1. The highest BCUT2D eigenvalue weighted by Crippen LogP contribution is 2.29. The van der Waals surface area contributed by atoms with Gasteiger partial charge in [-0.15, -0.1) is 0 Å². The molecule has 1 fully saturated rings. The summed E-state index contributed by atoms with van der Waals surface area (Å²) < 4.78 is 104. The Morgan fingerprint density at radius 1 is 1.00 bits per heavy atom. The van der Waals surface area contributed by atoms with E-state index in [1.807, 2.05) is 0 Å². The van der Waals surface area contributed by atoms with Gasteiger partial charge in [-0.25, -0.2) is 25.9 Å². The van der Waals surface area contributed by atoms with Gasteiger partial charge in [0.2, 0.25) is 26.0 Å². The Labute approximate surface area is 212 Å². The molecule has 0 aliphatic carbocycles. The van der Waals surface area contributed by atoms with Gasteiger partial charge >= 0.3 is 6.18 Å². The Balaban J connectivity index is 1.55. The minimum atomic E-state index is -4.45. The van der Waals surface area contributed by atoms with Crippen LogP contribution < -0.4 is 10.0 Å². The summed E-state index contributed by atoms with van der Waals surface area (Å²) in [5.74, 6) is -1.28. The summed E-state index contributed by atoms with van der Waals surface area (Å²) in [5, 5.41) is 3.27. The van der Waals surface area contributed by atoms with Crippen molar-refractivity contribution in [2.45, 2.75) is 30.2 Å². The van der Waals surface area contributed by atoms with Gasteiger partial charge in [-0.1, -0.05) is 30.8 Å². The van der Waals surface area contributed by atoms with Gasteiger partial charge in [0.25, 0.3) is 0 Å². The van der Waals surface area contributed by atoms with E-state index in [1.165, 1.54) is 36.4 Å². The van der Waals surface area contributed by atoms with Crippen LogP contribution in [0, 0.1) is 5.92 Å². The molecule has 2 atom stereocenters. The Morgan fingerprint density at radius 2 is 1.59 bits per heavy atom. The van der Waals surface area contributed by atoms with Crippen LogP contribution >= 0.6 is 0 Å². The van der Waals surface area contributed by atoms with Crippen molar-refractivity contribution in [2.75, 3.05) is 19.6 Å². The molecule has 2 N–H and O–H groups in total. The highest BCUT2D eigenvalue weighted by atomic mass is 32.2. The molecule has 0 bridgehead atoms. The van der Waals surface area contributed by atoms with Gasteiger partial charge in [0.05, 0.1) is 16.9 Å². The number of benzene rings is 2. The van der Waals surface area contributed by atoms with Gasteiger partial charge in [0.1, 0.15) is 6.17 Å². The average molecular weight is 564 g/mol. The van der Waals surface area contributed by atoms with E-state index in [0.29, 0.717) is 16.5 Å². The molecule has 8 nitrogen and oxygen atoms in total. The predicted molar refractivity (Wildman–Crippen MR) is 128 cm³/mol. The number of alkyl halides is 4. The minimum absolute atomic E-state index is 0.0207. The normalized spacial score (nSPS) is 19.0. The highest BCUT2D eigenvalue weighted by Gasteiger charge is 2.39. The van der Waals surface area contributed by atoms with Crippen molar-refractivity contribution in [1.29, 1.82) is 0 Å². The maximum atomic E-state index is 14.4. The molecule has 0 radical (unpaired) electrons. The first-order chi connectivity index (χ1) is 17.2. The summed E-state index contributed by atoms with van der Waals surface area (Å²) >= 11 is 0. The van der Waals surface area contributed by atoms with Crippen molar-refractivity contribution >= 4 is 26.0 Å². The Morgan fingerprint density at radius 3 is 2.16 bits per heavy atom. The molecule has 1 saturated heterocycles. The van der Waals surface area contributed by atoms with E-state index in [1.54, 1.807) is 0 Å². The Hall–Kier alpha value is -2.81. The molecule has 37 heavy (non-hydrogen) atoms. The number of carbonyl (C=O) groups excluding carboxylic acids is 1. The molecule has 202 valence electrons. The summed E-state index contributed by atoms with van der Waals surface area (Å²) in [5.41, 5.74) is 0.182. The molecular formula is C23H25F4N3O5S2. The van der Waals surface area contributed by atoms with Crippen LogP contribution in [0.15, 0.2) is 65.4 Å². The minimum Gasteiger partial charge on any atom is -0.352 e. The van der Waals surface area contributed by atoms with Crippen molar-refractivity contribution in [2.24, 2.45) is 5.92 Å². The van der Waals surface area contributed by atoms with E-state index in [-0.39, 0.29) is 31.0 Å². The van der Waals surface area contributed by atoms with Gasteiger partial charge < -0.3 is 5.32 Å². The summed E-state index contributed by atoms with van der Waals surface area (Å²) in [6.07, 6.45) is -6.10. The van der Waals surface area contributed by atoms with Crippen LogP contribution in [0.3, 0.4) is 0 Å². The SMILES string of the molecule is C=CS(=O)(=O)NC[C@H]1CN(S(=O)(=O)c2ccc(CC(=O)NCc3ccc(C(F)(F)F)cc3)cc2)C[C@@H]1F. The molecular weight excluding hydrogens is 538 g/mol. The largest absolute Gasteiger partial charge is 0.416 e. The summed E-state index contributed by atoms with van der Waals surface area (Å²) in [6.45, 7) is 2.25. The maximum absolute atomic E-state index is 14.4. The number of hydrogen-bond donors (Lipinski definition) is 2. The fraction of sp³-hybridized carbons (Fsp3) is 0.348. The second-order valence-electron chi connectivity index (χ2n) is 8.45. The number of carbonyl (C=O) groups is 1. The third-order valence-electron chi connectivity index (χ3n) is 5.79. The van der Waals surface area contributed by atoms with Crippen molar-refractivity contribution < 1.29 is 39.2 Å². The smallest absolute Gasteiger partial charge is 0.352 e. The average Bonchev–Trinajstić information content (AvgIpc) is 3.23. The summed E-state index contributed by atoms with van der Waals surface area (Å²) in [6, 6.07) is 9.82. The lowest BCUT2D eigenvalue weighted by Gasteiger charge is -2.16. The molecule has 2 aromatic carbocycles. The molecule has 2 aromatic rings. The molecule has 3 rings (SSSR count). The molecule has 0 saturated carbocycles. The van der Waals surface area contributed by atoms with Gasteiger partial charge in [-0.2, -0.15) is 17.5 Å². The molecule has 0 unspecified atom stereocenters. The lowest BCUT2D eigenvalue weighted by Crippen LogP contribution is -2.33. The van der Waals surface area contributed by atoms with E-state index in [2.05, 4.69) is 16.6 Å². The second kappa shape index (κ2) is 11.3. The van der Waals surface area contributed by atoms with Crippen LogP contribution in [0.4, 0.5) is 17.6 Å². The number of hydrogen-bond acceptors (Lipinski definition) is 5. The summed E-state index contributed by atoms with van der Waals surface area (Å²) in [4.78, 5) is 12.1. The predicted octanol–water partition coefficient (Wildman–Crippen LogP) is 2.59. The molecule has 1 aliphatic rings. The van der Waals surface area contributed by atoms with Crippen LogP contribution in [0.5, 0.6) is 0 Å². The quantitative estimate of drug-likeness (QED) is 0.432. The van der Waals surface area contributed by atoms with Crippen LogP contribution in [0.2, 0.25) is 0 Å². The molecule has 1 aliphatic heterocycles. The van der Waals surface area contributed by atoms with Crippen molar-refractivity contribution in [1.82, 2.24) is 14.3 Å². The van der Waals surface area contributed by atoms with Crippen LogP contribution in [-0.4, -0.2) is 52.9 Å². The molecule has 0 aromatic heterocycles. The first kappa shape index (κ1) is 28.8.